The van der Waals surface area contributed by atoms with Gasteiger partial charge in [0.2, 0.25) is 0 Å². The first-order chi connectivity index (χ1) is 7.19. The molecule has 0 spiro atoms. The first-order valence-electron chi connectivity index (χ1n) is 4.49. The highest BCUT2D eigenvalue weighted by Crippen LogP contribution is 2.30. The summed E-state index contributed by atoms with van der Waals surface area (Å²) in [5.41, 5.74) is 7.86. The van der Waals surface area contributed by atoms with E-state index in [0.29, 0.717) is 16.8 Å². The third-order valence-corrected chi connectivity index (χ3v) is 3.00. The molecule has 0 aliphatic rings. The van der Waals surface area contributed by atoms with Crippen LogP contribution < -0.4 is 5.73 Å². The normalized spacial score (nSPS) is 9.33. The Bertz CT molecular complexity index is 426. The van der Waals surface area contributed by atoms with Crippen molar-refractivity contribution in [1.29, 1.82) is 10.5 Å². The summed E-state index contributed by atoms with van der Waals surface area (Å²) in [7, 11) is 0. The Morgan fingerprint density at radius 1 is 1.33 bits per heavy atom. The minimum absolute atomic E-state index is 0.309. The fraction of sp³-hybridized carbons (Fsp3) is 0.273. The van der Waals surface area contributed by atoms with E-state index in [4.69, 9.17) is 16.3 Å². The highest BCUT2D eigenvalue weighted by Gasteiger charge is 2.14. The molecule has 1 aromatic carbocycles. The molecule has 0 heterocycles. The zero-order chi connectivity index (χ0) is 11.4. The fourth-order valence-electron chi connectivity index (χ4n) is 1.42. The van der Waals surface area contributed by atoms with Gasteiger partial charge in [-0.2, -0.15) is 10.5 Å². The van der Waals surface area contributed by atoms with E-state index in [1.807, 2.05) is 25.3 Å². The minimum Gasteiger partial charge on any atom is -0.397 e. The van der Waals surface area contributed by atoms with Crippen LogP contribution in [-0.2, 0) is 6.42 Å². The summed E-state index contributed by atoms with van der Waals surface area (Å²) < 4.78 is 0. The summed E-state index contributed by atoms with van der Waals surface area (Å²) in [6.45, 7) is 1.96. The summed E-state index contributed by atoms with van der Waals surface area (Å²) in [5, 5.41) is 17.9. The second kappa shape index (κ2) is 4.72. The molecule has 0 radical (unpaired) electrons. The molecular weight excluding hydrogens is 206 g/mol. The van der Waals surface area contributed by atoms with Gasteiger partial charge in [-0.3, -0.25) is 0 Å². The lowest BCUT2D eigenvalue weighted by Crippen LogP contribution is -2.01. The SMILES string of the molecule is CCc1cc(SC)c(C#N)c(N)c1C#N. The van der Waals surface area contributed by atoms with Crippen molar-refractivity contribution >= 4 is 17.4 Å². The van der Waals surface area contributed by atoms with Gasteiger partial charge in [0.25, 0.3) is 0 Å². The third-order valence-electron chi connectivity index (χ3n) is 2.24. The van der Waals surface area contributed by atoms with E-state index < -0.39 is 0 Å². The second-order valence-electron chi connectivity index (χ2n) is 2.98. The van der Waals surface area contributed by atoms with Crippen LogP contribution in [0.1, 0.15) is 23.6 Å². The predicted molar refractivity (Wildman–Crippen MR) is 61.4 cm³/mol. The number of aryl methyl sites for hydroxylation is 1. The van der Waals surface area contributed by atoms with Crippen molar-refractivity contribution < 1.29 is 0 Å². The smallest absolute Gasteiger partial charge is 0.103 e. The van der Waals surface area contributed by atoms with Gasteiger partial charge < -0.3 is 5.73 Å². The Hall–Kier alpha value is -1.65. The van der Waals surface area contributed by atoms with E-state index in [1.165, 1.54) is 11.8 Å². The van der Waals surface area contributed by atoms with Crippen molar-refractivity contribution in [1.82, 2.24) is 0 Å². The van der Waals surface area contributed by atoms with E-state index in [-0.39, 0.29) is 0 Å². The number of rotatable bonds is 2. The molecule has 0 fully saturated rings. The van der Waals surface area contributed by atoms with Crippen molar-refractivity contribution in [2.45, 2.75) is 18.2 Å². The maximum Gasteiger partial charge on any atom is 0.103 e. The Labute approximate surface area is 93.5 Å². The van der Waals surface area contributed by atoms with Gasteiger partial charge in [-0.25, -0.2) is 0 Å². The lowest BCUT2D eigenvalue weighted by atomic mass is 10.0. The molecule has 4 heteroatoms. The molecule has 0 amide bonds. The summed E-state index contributed by atoms with van der Waals surface area (Å²) >= 11 is 1.47. The molecule has 0 saturated heterocycles. The van der Waals surface area contributed by atoms with Gasteiger partial charge in [0.05, 0.1) is 16.8 Å². The van der Waals surface area contributed by atoms with Gasteiger partial charge >= 0.3 is 0 Å². The number of anilines is 1. The van der Waals surface area contributed by atoms with Gasteiger partial charge in [0, 0.05) is 4.90 Å². The standard InChI is InChI=1S/C11H11N3S/c1-3-7-4-10(15-2)9(6-13)11(14)8(7)5-12/h4H,3,14H2,1-2H3. The Balaban J connectivity index is 3.59. The molecule has 0 unspecified atom stereocenters. The van der Waals surface area contributed by atoms with Crippen molar-refractivity contribution in [3.05, 3.63) is 22.8 Å². The molecule has 15 heavy (non-hydrogen) atoms. The zero-order valence-corrected chi connectivity index (χ0v) is 9.48. The van der Waals surface area contributed by atoms with E-state index >= 15 is 0 Å². The molecule has 2 N–H and O–H groups in total. The zero-order valence-electron chi connectivity index (χ0n) is 8.66. The predicted octanol–water partition coefficient (Wildman–Crippen LogP) is 2.30. The number of nitriles is 2. The van der Waals surface area contributed by atoms with E-state index in [9.17, 15) is 0 Å². The maximum atomic E-state index is 8.97. The minimum atomic E-state index is 0.309. The third kappa shape index (κ3) is 1.91. The van der Waals surface area contributed by atoms with Crippen molar-refractivity contribution in [2.24, 2.45) is 0 Å². The molecule has 3 nitrogen and oxygen atoms in total. The number of hydrogen-bond donors (Lipinski definition) is 1. The molecule has 0 saturated carbocycles. The van der Waals surface area contributed by atoms with Crippen LogP contribution >= 0.6 is 11.8 Å². The summed E-state index contributed by atoms with van der Waals surface area (Å²) in [5.74, 6) is 0. The van der Waals surface area contributed by atoms with Crippen molar-refractivity contribution in [3.63, 3.8) is 0 Å². The molecule has 0 aromatic heterocycles. The lowest BCUT2D eigenvalue weighted by Gasteiger charge is -2.09. The van der Waals surface area contributed by atoms with Gasteiger partial charge in [0.15, 0.2) is 0 Å². The van der Waals surface area contributed by atoms with E-state index in [0.717, 1.165) is 16.9 Å². The molecule has 1 rings (SSSR count). The molecule has 0 aliphatic heterocycles. The quantitative estimate of drug-likeness (QED) is 0.609. The number of nitrogens with two attached hydrogens (primary N) is 1. The Morgan fingerprint density at radius 2 is 1.93 bits per heavy atom. The van der Waals surface area contributed by atoms with Crippen LogP contribution in [0.25, 0.3) is 0 Å². The number of benzene rings is 1. The average Bonchev–Trinajstić information content (AvgIpc) is 2.27. The number of thioether (sulfide) groups is 1. The fourth-order valence-corrected chi connectivity index (χ4v) is 2.04. The number of nitrogen functional groups attached to an aromatic ring is 1. The van der Waals surface area contributed by atoms with E-state index in [2.05, 4.69) is 6.07 Å². The van der Waals surface area contributed by atoms with E-state index in [1.54, 1.807) is 0 Å². The first-order valence-corrected chi connectivity index (χ1v) is 5.71. The van der Waals surface area contributed by atoms with Gasteiger partial charge in [-0.15, -0.1) is 11.8 Å². The molecule has 1 aromatic rings. The summed E-state index contributed by atoms with van der Waals surface area (Å²) in [6.07, 6.45) is 2.63. The number of nitrogens with zero attached hydrogens (tertiary/aromatic N) is 2. The first kappa shape index (κ1) is 11.4. The highest BCUT2D eigenvalue weighted by molar-refractivity contribution is 7.98. The van der Waals surface area contributed by atoms with Gasteiger partial charge in [-0.1, -0.05) is 6.92 Å². The largest absolute Gasteiger partial charge is 0.397 e. The van der Waals surface area contributed by atoms with Crippen LogP contribution in [0.5, 0.6) is 0 Å². The Kier molecular flexibility index (Phi) is 3.60. The average molecular weight is 217 g/mol. The van der Waals surface area contributed by atoms with Crippen LogP contribution in [0.3, 0.4) is 0 Å². The summed E-state index contributed by atoms with van der Waals surface area (Å²) in [4.78, 5) is 0.839. The van der Waals surface area contributed by atoms with Crippen molar-refractivity contribution in [3.8, 4) is 12.1 Å². The van der Waals surface area contributed by atoms with Crippen molar-refractivity contribution in [2.75, 3.05) is 12.0 Å². The van der Waals surface area contributed by atoms with Crippen LogP contribution in [0.4, 0.5) is 5.69 Å². The summed E-state index contributed by atoms with van der Waals surface area (Å²) in [6, 6.07) is 5.97. The van der Waals surface area contributed by atoms with Crippen LogP contribution in [0, 0.1) is 22.7 Å². The maximum absolute atomic E-state index is 8.97. The topological polar surface area (TPSA) is 73.6 Å². The molecule has 0 bridgehead atoms. The van der Waals surface area contributed by atoms with Gasteiger partial charge in [-0.05, 0) is 24.3 Å². The van der Waals surface area contributed by atoms with Gasteiger partial charge in [0.1, 0.15) is 12.1 Å². The molecule has 0 atom stereocenters. The Morgan fingerprint density at radius 3 is 2.33 bits per heavy atom. The lowest BCUT2D eigenvalue weighted by molar-refractivity contribution is 1.11. The number of hydrogen-bond acceptors (Lipinski definition) is 4. The molecular formula is C11H11N3S. The molecule has 0 aliphatic carbocycles. The van der Waals surface area contributed by atoms with Crippen LogP contribution in [0.2, 0.25) is 0 Å². The van der Waals surface area contributed by atoms with Crippen LogP contribution in [-0.4, -0.2) is 6.26 Å². The molecule has 76 valence electrons. The monoisotopic (exact) mass is 217 g/mol. The highest BCUT2D eigenvalue weighted by atomic mass is 32.2. The second-order valence-corrected chi connectivity index (χ2v) is 3.83. The van der Waals surface area contributed by atoms with Crippen LogP contribution in [0.15, 0.2) is 11.0 Å².